The summed E-state index contributed by atoms with van der Waals surface area (Å²) < 4.78 is 4.92. The SMILES string of the molecule is CC(=O)OC(C)CC(C)C.CC(C)CCCCC(=O)O. The molecule has 1 atom stereocenters. The third-order valence-electron chi connectivity index (χ3n) is 2.59. The third-order valence-corrected chi connectivity index (χ3v) is 2.59. The molecule has 0 aliphatic carbocycles. The molecule has 0 fully saturated rings. The summed E-state index contributed by atoms with van der Waals surface area (Å²) in [4.78, 5) is 20.5. The van der Waals surface area contributed by atoms with E-state index in [-0.39, 0.29) is 12.1 Å². The number of hydrogen-bond donors (Lipinski definition) is 1. The van der Waals surface area contributed by atoms with Crippen LogP contribution in [0.2, 0.25) is 0 Å². The highest BCUT2D eigenvalue weighted by molar-refractivity contribution is 5.66. The summed E-state index contributed by atoms with van der Waals surface area (Å²) in [6, 6.07) is 0. The van der Waals surface area contributed by atoms with Crippen LogP contribution in [0.1, 0.15) is 73.6 Å². The van der Waals surface area contributed by atoms with Crippen LogP contribution in [0.5, 0.6) is 0 Å². The van der Waals surface area contributed by atoms with Crippen molar-refractivity contribution in [3.63, 3.8) is 0 Å². The van der Waals surface area contributed by atoms with Crippen molar-refractivity contribution in [3.8, 4) is 0 Å². The molecule has 1 unspecified atom stereocenters. The molecule has 0 spiro atoms. The van der Waals surface area contributed by atoms with Gasteiger partial charge in [0.2, 0.25) is 0 Å². The number of aliphatic carboxylic acids is 1. The molecule has 0 bridgehead atoms. The predicted molar refractivity (Wildman–Crippen MR) is 81.6 cm³/mol. The minimum Gasteiger partial charge on any atom is -0.481 e. The first-order valence-electron chi connectivity index (χ1n) is 7.54. The Kier molecular flexibility index (Phi) is 13.8. The van der Waals surface area contributed by atoms with Crippen LogP contribution in [0.3, 0.4) is 0 Å². The van der Waals surface area contributed by atoms with Gasteiger partial charge in [0, 0.05) is 13.3 Å². The van der Waals surface area contributed by atoms with Gasteiger partial charge in [-0.2, -0.15) is 0 Å². The van der Waals surface area contributed by atoms with E-state index in [0.717, 1.165) is 25.7 Å². The molecule has 0 saturated carbocycles. The molecule has 0 saturated heterocycles. The second kappa shape index (κ2) is 12.9. The largest absolute Gasteiger partial charge is 0.481 e. The van der Waals surface area contributed by atoms with E-state index in [1.165, 1.54) is 6.92 Å². The first-order chi connectivity index (χ1) is 9.15. The Labute approximate surface area is 123 Å². The van der Waals surface area contributed by atoms with Crippen LogP contribution >= 0.6 is 0 Å². The average molecular weight is 288 g/mol. The number of hydrogen-bond acceptors (Lipinski definition) is 3. The highest BCUT2D eigenvalue weighted by Gasteiger charge is 2.06. The van der Waals surface area contributed by atoms with Gasteiger partial charge in [0.15, 0.2) is 0 Å². The standard InChI is InChI=1S/2C8H16O2/c1-6(2)5-7(3)10-8(4)9;1-7(2)5-3-4-6-8(9)10/h6-7H,5H2,1-4H3;7H,3-6H2,1-2H3,(H,9,10). The van der Waals surface area contributed by atoms with Crippen molar-refractivity contribution >= 4 is 11.9 Å². The summed E-state index contributed by atoms with van der Waals surface area (Å²) in [5.41, 5.74) is 0. The zero-order valence-corrected chi connectivity index (χ0v) is 13.9. The number of rotatable bonds is 8. The van der Waals surface area contributed by atoms with Gasteiger partial charge in [-0.15, -0.1) is 0 Å². The molecule has 0 aliphatic heterocycles. The van der Waals surface area contributed by atoms with Gasteiger partial charge in [0.1, 0.15) is 0 Å². The van der Waals surface area contributed by atoms with Crippen LogP contribution in [-0.2, 0) is 14.3 Å². The second-order valence-corrected chi connectivity index (χ2v) is 6.08. The van der Waals surface area contributed by atoms with Crippen molar-refractivity contribution < 1.29 is 19.4 Å². The van der Waals surface area contributed by atoms with Crippen molar-refractivity contribution in [2.24, 2.45) is 11.8 Å². The normalized spacial score (nSPS) is 11.8. The van der Waals surface area contributed by atoms with Gasteiger partial charge in [0.25, 0.3) is 0 Å². The molecule has 4 heteroatoms. The van der Waals surface area contributed by atoms with Gasteiger partial charge in [-0.3, -0.25) is 9.59 Å². The first kappa shape index (κ1) is 21.2. The summed E-state index contributed by atoms with van der Waals surface area (Å²) in [5.74, 6) is 0.431. The van der Waals surface area contributed by atoms with Crippen LogP contribution in [-0.4, -0.2) is 23.1 Å². The van der Waals surface area contributed by atoms with E-state index in [1.807, 2.05) is 6.92 Å². The average Bonchev–Trinajstić information content (AvgIpc) is 2.22. The minimum atomic E-state index is -0.677. The quantitative estimate of drug-likeness (QED) is 0.535. The molecule has 20 heavy (non-hydrogen) atoms. The lowest BCUT2D eigenvalue weighted by Crippen LogP contribution is -2.14. The highest BCUT2D eigenvalue weighted by Crippen LogP contribution is 2.07. The summed E-state index contributed by atoms with van der Waals surface area (Å²) in [6.45, 7) is 11.9. The molecule has 0 heterocycles. The highest BCUT2D eigenvalue weighted by atomic mass is 16.5. The summed E-state index contributed by atoms with van der Waals surface area (Å²) in [7, 11) is 0. The van der Waals surface area contributed by atoms with Crippen molar-refractivity contribution in [1.82, 2.24) is 0 Å². The maximum Gasteiger partial charge on any atom is 0.303 e. The summed E-state index contributed by atoms with van der Waals surface area (Å²) in [5, 5.41) is 8.28. The van der Waals surface area contributed by atoms with E-state index >= 15 is 0 Å². The number of carboxylic acid groups (broad SMARTS) is 1. The Hall–Kier alpha value is -1.06. The smallest absolute Gasteiger partial charge is 0.303 e. The number of carbonyl (C=O) groups excluding carboxylic acids is 1. The zero-order valence-electron chi connectivity index (χ0n) is 13.9. The molecular formula is C16H32O4. The van der Waals surface area contributed by atoms with Crippen molar-refractivity contribution in [1.29, 1.82) is 0 Å². The van der Waals surface area contributed by atoms with Crippen LogP contribution in [0.15, 0.2) is 0 Å². The molecular weight excluding hydrogens is 256 g/mol. The summed E-state index contributed by atoms with van der Waals surface area (Å²) in [6.07, 6.45) is 4.36. The van der Waals surface area contributed by atoms with Gasteiger partial charge in [-0.25, -0.2) is 0 Å². The Balaban J connectivity index is 0. The maximum absolute atomic E-state index is 10.4. The van der Waals surface area contributed by atoms with E-state index in [4.69, 9.17) is 9.84 Å². The molecule has 0 aliphatic rings. The van der Waals surface area contributed by atoms with E-state index in [9.17, 15) is 9.59 Å². The number of carboxylic acids is 1. The van der Waals surface area contributed by atoms with Crippen LogP contribution in [0.25, 0.3) is 0 Å². The monoisotopic (exact) mass is 288 g/mol. The molecule has 0 aromatic carbocycles. The van der Waals surface area contributed by atoms with Crippen molar-refractivity contribution in [2.45, 2.75) is 79.8 Å². The van der Waals surface area contributed by atoms with Gasteiger partial charge in [-0.1, -0.05) is 40.5 Å². The maximum atomic E-state index is 10.4. The fourth-order valence-electron chi connectivity index (χ4n) is 1.82. The fraction of sp³-hybridized carbons (Fsp3) is 0.875. The zero-order chi connectivity index (χ0) is 16.1. The molecule has 0 amide bonds. The van der Waals surface area contributed by atoms with Crippen LogP contribution in [0, 0.1) is 11.8 Å². The van der Waals surface area contributed by atoms with Crippen molar-refractivity contribution in [3.05, 3.63) is 0 Å². The lowest BCUT2D eigenvalue weighted by atomic mass is 10.1. The van der Waals surface area contributed by atoms with Gasteiger partial charge >= 0.3 is 11.9 Å². The van der Waals surface area contributed by atoms with E-state index < -0.39 is 5.97 Å². The van der Waals surface area contributed by atoms with Gasteiger partial charge < -0.3 is 9.84 Å². The second-order valence-electron chi connectivity index (χ2n) is 6.08. The molecule has 120 valence electrons. The predicted octanol–water partition coefficient (Wildman–Crippen LogP) is 4.27. The number of unbranched alkanes of at least 4 members (excludes halogenated alkanes) is 1. The van der Waals surface area contributed by atoms with Crippen LogP contribution in [0.4, 0.5) is 0 Å². The molecule has 4 nitrogen and oxygen atoms in total. The topological polar surface area (TPSA) is 63.6 Å². The van der Waals surface area contributed by atoms with E-state index in [0.29, 0.717) is 18.3 Å². The van der Waals surface area contributed by atoms with E-state index in [1.54, 1.807) is 0 Å². The number of carbonyl (C=O) groups is 2. The Bertz CT molecular complexity index is 259. The number of ether oxygens (including phenoxy) is 1. The van der Waals surface area contributed by atoms with Crippen LogP contribution < -0.4 is 0 Å². The Morgan fingerprint density at radius 3 is 1.90 bits per heavy atom. The van der Waals surface area contributed by atoms with Crippen molar-refractivity contribution in [2.75, 3.05) is 0 Å². The third kappa shape index (κ3) is 22.1. The Morgan fingerprint density at radius 2 is 1.55 bits per heavy atom. The molecule has 0 aromatic heterocycles. The Morgan fingerprint density at radius 1 is 1.00 bits per heavy atom. The fourth-order valence-corrected chi connectivity index (χ4v) is 1.82. The van der Waals surface area contributed by atoms with Gasteiger partial charge in [-0.05, 0) is 31.6 Å². The molecule has 0 aromatic rings. The molecule has 0 radical (unpaired) electrons. The molecule has 1 N–H and O–H groups in total. The lowest BCUT2D eigenvalue weighted by Gasteiger charge is -2.13. The number of esters is 1. The lowest BCUT2D eigenvalue weighted by molar-refractivity contribution is -0.146. The van der Waals surface area contributed by atoms with Gasteiger partial charge in [0.05, 0.1) is 6.10 Å². The summed E-state index contributed by atoms with van der Waals surface area (Å²) >= 11 is 0. The van der Waals surface area contributed by atoms with E-state index in [2.05, 4.69) is 27.7 Å². The first-order valence-corrected chi connectivity index (χ1v) is 7.54. The molecule has 0 rings (SSSR count). The minimum absolute atomic E-state index is 0.0671.